The van der Waals surface area contributed by atoms with Gasteiger partial charge in [-0.15, -0.1) is 0 Å². The molecule has 7 heteroatoms. The molecule has 3 aromatic carbocycles. The van der Waals surface area contributed by atoms with E-state index in [0.29, 0.717) is 28.2 Å². The van der Waals surface area contributed by atoms with Crippen molar-refractivity contribution in [1.29, 1.82) is 0 Å². The molecular weight excluding hydrogens is 504 g/mol. The Morgan fingerprint density at radius 1 is 0.892 bits per heavy atom. The zero-order valence-electron chi connectivity index (χ0n) is 20.8. The number of carbonyl (C=O) groups is 1. The van der Waals surface area contributed by atoms with Crippen molar-refractivity contribution < 1.29 is 13.2 Å². The Kier molecular flexibility index (Phi) is 5.88. The fraction of sp³-hybridized carbons (Fsp3) is 0.367. The number of carbonyl (C=O) groups excluding carboxylic acids is 1. The van der Waals surface area contributed by atoms with Crippen molar-refractivity contribution in [3.8, 4) is 0 Å². The third-order valence-electron chi connectivity index (χ3n) is 8.75. The van der Waals surface area contributed by atoms with Crippen LogP contribution >= 0.6 is 11.6 Å². The van der Waals surface area contributed by atoms with Gasteiger partial charge in [0, 0.05) is 5.69 Å². The van der Waals surface area contributed by atoms with E-state index in [1.807, 2.05) is 0 Å². The number of anilines is 2. The Bertz CT molecular complexity index is 1440. The molecule has 0 aliphatic heterocycles. The van der Waals surface area contributed by atoms with Crippen LogP contribution in [0.15, 0.2) is 77.7 Å². The van der Waals surface area contributed by atoms with Crippen molar-refractivity contribution in [1.82, 2.24) is 0 Å². The molecule has 2 unspecified atom stereocenters. The summed E-state index contributed by atoms with van der Waals surface area (Å²) in [7, 11) is -3.81. The number of benzene rings is 3. The fourth-order valence-corrected chi connectivity index (χ4v) is 8.82. The number of halogens is 1. The first-order chi connectivity index (χ1) is 17.7. The summed E-state index contributed by atoms with van der Waals surface area (Å²) >= 11 is 6.11. The van der Waals surface area contributed by atoms with Crippen LogP contribution in [-0.4, -0.2) is 14.3 Å². The number of sulfonamides is 1. The Balaban J connectivity index is 1.21. The molecule has 1 amide bonds. The zero-order valence-corrected chi connectivity index (χ0v) is 22.4. The molecule has 37 heavy (non-hydrogen) atoms. The summed E-state index contributed by atoms with van der Waals surface area (Å²) in [6.45, 7) is 2.11. The van der Waals surface area contributed by atoms with E-state index in [1.165, 1.54) is 42.5 Å². The molecule has 4 bridgehead atoms. The van der Waals surface area contributed by atoms with Crippen molar-refractivity contribution in [2.45, 2.75) is 55.8 Å². The summed E-state index contributed by atoms with van der Waals surface area (Å²) in [4.78, 5) is 13.9. The lowest BCUT2D eigenvalue weighted by atomic mass is 9.42. The van der Waals surface area contributed by atoms with E-state index in [1.54, 1.807) is 36.4 Å². The van der Waals surface area contributed by atoms with Gasteiger partial charge in [0.2, 0.25) is 5.91 Å². The highest BCUT2D eigenvalue weighted by Crippen LogP contribution is 2.66. The molecule has 4 saturated carbocycles. The van der Waals surface area contributed by atoms with Crippen molar-refractivity contribution in [2.75, 3.05) is 10.0 Å². The van der Waals surface area contributed by atoms with E-state index in [4.69, 9.17) is 11.6 Å². The molecule has 0 aromatic heterocycles. The Hall–Kier alpha value is -2.83. The number of hydrogen-bond acceptors (Lipinski definition) is 3. The third kappa shape index (κ3) is 4.44. The van der Waals surface area contributed by atoms with Crippen LogP contribution in [0.3, 0.4) is 0 Å². The van der Waals surface area contributed by atoms with Crippen molar-refractivity contribution in [3.05, 3.63) is 88.9 Å². The highest BCUT2D eigenvalue weighted by atomic mass is 35.5. The molecule has 7 rings (SSSR count). The predicted molar refractivity (Wildman–Crippen MR) is 147 cm³/mol. The van der Waals surface area contributed by atoms with Crippen LogP contribution in [0.1, 0.15) is 49.7 Å². The van der Waals surface area contributed by atoms with Crippen LogP contribution in [-0.2, 0) is 20.2 Å². The molecule has 2 N–H and O–H groups in total. The van der Waals surface area contributed by atoms with Crippen LogP contribution in [0.5, 0.6) is 0 Å². The quantitative estimate of drug-likeness (QED) is 0.360. The standard InChI is InChI=1S/C30H31ClN2O3S/c1-20-6-8-23(9-7-20)29-15-21-14-22(16-29)18-30(17-21,19-29)28(34)32-24-10-12-25(13-11-24)37(35,36)33-27-5-3-2-4-26(27)31/h2-13,21-22,33H,14-19H2,1H3,(H,32,34)/t21-,22+,29?,30?. The van der Waals surface area contributed by atoms with Crippen LogP contribution in [0.2, 0.25) is 5.02 Å². The maximum Gasteiger partial charge on any atom is 0.261 e. The van der Waals surface area contributed by atoms with Gasteiger partial charge in [-0.25, -0.2) is 8.42 Å². The van der Waals surface area contributed by atoms with E-state index in [-0.39, 0.29) is 21.6 Å². The first-order valence-electron chi connectivity index (χ1n) is 12.9. The largest absolute Gasteiger partial charge is 0.326 e. The third-order valence-corrected chi connectivity index (χ3v) is 10.5. The Morgan fingerprint density at radius 3 is 2.19 bits per heavy atom. The average Bonchev–Trinajstić information content (AvgIpc) is 2.85. The molecule has 0 spiro atoms. The number of amides is 1. The highest BCUT2D eigenvalue weighted by molar-refractivity contribution is 7.92. The van der Waals surface area contributed by atoms with Gasteiger partial charge in [0.05, 0.1) is 21.0 Å². The van der Waals surface area contributed by atoms with Crippen molar-refractivity contribution in [3.63, 3.8) is 0 Å². The maximum absolute atomic E-state index is 13.8. The molecule has 4 aliphatic rings. The van der Waals surface area contributed by atoms with Gasteiger partial charge in [-0.3, -0.25) is 9.52 Å². The number of para-hydroxylation sites is 1. The van der Waals surface area contributed by atoms with Gasteiger partial charge in [0.15, 0.2) is 0 Å². The Labute approximate surface area is 223 Å². The van der Waals surface area contributed by atoms with E-state index < -0.39 is 10.0 Å². The zero-order chi connectivity index (χ0) is 25.8. The molecule has 0 heterocycles. The van der Waals surface area contributed by atoms with E-state index in [9.17, 15) is 13.2 Å². The molecule has 4 fully saturated rings. The molecule has 5 nitrogen and oxygen atoms in total. The summed E-state index contributed by atoms with van der Waals surface area (Å²) in [5.41, 5.74) is 3.29. The summed E-state index contributed by atoms with van der Waals surface area (Å²) in [5.74, 6) is 1.23. The monoisotopic (exact) mass is 534 g/mol. The van der Waals surface area contributed by atoms with Gasteiger partial charge in [-0.05, 0) is 105 Å². The van der Waals surface area contributed by atoms with Crippen LogP contribution < -0.4 is 10.0 Å². The lowest BCUT2D eigenvalue weighted by Gasteiger charge is -2.61. The maximum atomic E-state index is 13.8. The van der Waals surface area contributed by atoms with Crippen LogP contribution in [0.25, 0.3) is 0 Å². The second-order valence-electron chi connectivity index (χ2n) is 11.5. The molecule has 0 saturated heterocycles. The lowest BCUT2D eigenvalue weighted by Crippen LogP contribution is -2.57. The van der Waals surface area contributed by atoms with Crippen molar-refractivity contribution in [2.24, 2.45) is 17.3 Å². The highest BCUT2D eigenvalue weighted by Gasteiger charge is 2.60. The normalized spacial score (nSPS) is 28.2. The topological polar surface area (TPSA) is 75.3 Å². The molecule has 0 radical (unpaired) electrons. The second-order valence-corrected chi connectivity index (χ2v) is 13.5. The summed E-state index contributed by atoms with van der Waals surface area (Å²) < 4.78 is 28.2. The van der Waals surface area contributed by atoms with Gasteiger partial charge in [-0.1, -0.05) is 53.6 Å². The number of aryl methyl sites for hydroxylation is 1. The number of hydrogen-bond donors (Lipinski definition) is 2. The predicted octanol–water partition coefficient (Wildman–Crippen LogP) is 6.93. The van der Waals surface area contributed by atoms with E-state index in [0.717, 1.165) is 19.3 Å². The molecular formula is C30H31ClN2O3S. The minimum absolute atomic E-state index is 0.0721. The molecule has 4 aliphatic carbocycles. The van der Waals surface area contributed by atoms with E-state index >= 15 is 0 Å². The minimum atomic E-state index is -3.81. The molecule has 3 aromatic rings. The van der Waals surface area contributed by atoms with Crippen LogP contribution in [0.4, 0.5) is 11.4 Å². The van der Waals surface area contributed by atoms with E-state index in [2.05, 4.69) is 41.2 Å². The first kappa shape index (κ1) is 24.5. The van der Waals surface area contributed by atoms with Gasteiger partial charge in [0.25, 0.3) is 10.0 Å². The lowest BCUT2D eigenvalue weighted by molar-refractivity contribution is -0.143. The number of nitrogens with one attached hydrogen (secondary N) is 2. The van der Waals surface area contributed by atoms with Crippen LogP contribution in [0, 0.1) is 24.2 Å². The van der Waals surface area contributed by atoms with Gasteiger partial charge in [0.1, 0.15) is 0 Å². The summed E-state index contributed by atoms with van der Waals surface area (Å²) in [6, 6.07) is 22.0. The second kappa shape index (κ2) is 8.88. The minimum Gasteiger partial charge on any atom is -0.326 e. The molecule has 4 atom stereocenters. The number of rotatable bonds is 6. The SMILES string of the molecule is Cc1ccc(C23C[C@@H]4C[C@@H](CC(C(=O)Nc5ccc(S(=O)(=O)Nc6ccccc6Cl)cc5)(C4)C2)C3)cc1. The first-order valence-corrected chi connectivity index (χ1v) is 14.8. The fourth-order valence-electron chi connectivity index (χ4n) is 7.50. The summed E-state index contributed by atoms with van der Waals surface area (Å²) in [6.07, 6.45) is 6.34. The Morgan fingerprint density at radius 2 is 1.54 bits per heavy atom. The molecule has 192 valence electrons. The van der Waals surface area contributed by atoms with Crippen molar-refractivity contribution >= 4 is 38.9 Å². The summed E-state index contributed by atoms with van der Waals surface area (Å²) in [5, 5.41) is 3.47. The smallest absolute Gasteiger partial charge is 0.261 e. The average molecular weight is 535 g/mol. The van der Waals surface area contributed by atoms with Gasteiger partial charge < -0.3 is 5.32 Å². The van der Waals surface area contributed by atoms with Gasteiger partial charge >= 0.3 is 0 Å². The van der Waals surface area contributed by atoms with Gasteiger partial charge in [-0.2, -0.15) is 0 Å².